The van der Waals surface area contributed by atoms with Gasteiger partial charge in [-0.1, -0.05) is 25.5 Å². The van der Waals surface area contributed by atoms with E-state index >= 15 is 0 Å². The standard InChI is InChI=1S/C17H28N2O3/c1-5-9-17(3,12-20)19-16(21)18-10-8-14-7-6-13(2)15(11-14)22-4/h6-7,11,20H,5,8-10,12H2,1-4H3,(H2,18,19,21). The average Bonchev–Trinajstić information content (AvgIpc) is 2.49. The van der Waals surface area contributed by atoms with E-state index in [1.54, 1.807) is 7.11 Å². The first kappa shape index (κ1) is 18.3. The van der Waals surface area contributed by atoms with Crippen LogP contribution in [0.5, 0.6) is 5.75 Å². The summed E-state index contributed by atoms with van der Waals surface area (Å²) in [4.78, 5) is 11.9. The number of carbonyl (C=O) groups is 1. The van der Waals surface area contributed by atoms with Crippen LogP contribution in [0.15, 0.2) is 18.2 Å². The normalized spacial score (nSPS) is 13.3. The van der Waals surface area contributed by atoms with Crippen molar-refractivity contribution in [1.82, 2.24) is 10.6 Å². The molecule has 1 atom stereocenters. The smallest absolute Gasteiger partial charge is 0.315 e. The molecule has 0 bridgehead atoms. The second-order valence-electron chi connectivity index (χ2n) is 5.90. The number of methoxy groups -OCH3 is 1. The lowest BCUT2D eigenvalue weighted by Crippen LogP contribution is -2.52. The third kappa shape index (κ3) is 5.56. The lowest BCUT2D eigenvalue weighted by molar-refractivity contribution is 0.163. The van der Waals surface area contributed by atoms with Crippen molar-refractivity contribution in [3.8, 4) is 5.75 Å². The van der Waals surface area contributed by atoms with Crippen LogP contribution >= 0.6 is 0 Å². The quantitative estimate of drug-likeness (QED) is 0.690. The van der Waals surface area contributed by atoms with Gasteiger partial charge in [-0.25, -0.2) is 4.79 Å². The molecule has 1 unspecified atom stereocenters. The number of carbonyl (C=O) groups excluding carboxylic acids is 1. The number of nitrogens with one attached hydrogen (secondary N) is 2. The zero-order valence-electron chi connectivity index (χ0n) is 14.0. The molecule has 1 rings (SSSR count). The van der Waals surface area contributed by atoms with Crippen molar-refractivity contribution < 1.29 is 14.6 Å². The van der Waals surface area contributed by atoms with E-state index in [2.05, 4.69) is 10.6 Å². The molecule has 0 aliphatic rings. The Balaban J connectivity index is 2.45. The summed E-state index contributed by atoms with van der Waals surface area (Å²) in [5.74, 6) is 0.859. The lowest BCUT2D eigenvalue weighted by atomic mass is 9.98. The van der Waals surface area contributed by atoms with Gasteiger partial charge in [0.05, 0.1) is 19.3 Å². The minimum atomic E-state index is -0.564. The van der Waals surface area contributed by atoms with Crippen molar-refractivity contribution in [3.05, 3.63) is 29.3 Å². The van der Waals surface area contributed by atoms with Gasteiger partial charge in [-0.15, -0.1) is 0 Å². The monoisotopic (exact) mass is 308 g/mol. The fourth-order valence-corrected chi connectivity index (χ4v) is 2.39. The molecular formula is C17H28N2O3. The maximum Gasteiger partial charge on any atom is 0.315 e. The van der Waals surface area contributed by atoms with Crippen LogP contribution in [0.4, 0.5) is 4.79 Å². The molecule has 0 saturated heterocycles. The van der Waals surface area contributed by atoms with Crippen LogP contribution in [0.3, 0.4) is 0 Å². The highest BCUT2D eigenvalue weighted by atomic mass is 16.5. The number of rotatable bonds is 8. The minimum absolute atomic E-state index is 0.0661. The number of aryl methyl sites for hydroxylation is 1. The number of urea groups is 1. The number of ether oxygens (including phenoxy) is 1. The molecule has 1 aromatic carbocycles. The molecule has 5 heteroatoms. The van der Waals surface area contributed by atoms with Crippen molar-refractivity contribution in [3.63, 3.8) is 0 Å². The highest BCUT2D eigenvalue weighted by Gasteiger charge is 2.24. The van der Waals surface area contributed by atoms with E-state index in [0.29, 0.717) is 6.54 Å². The van der Waals surface area contributed by atoms with E-state index in [-0.39, 0.29) is 12.6 Å². The number of aliphatic hydroxyl groups excluding tert-OH is 1. The van der Waals surface area contributed by atoms with Crippen LogP contribution in [-0.2, 0) is 6.42 Å². The second kappa shape index (κ2) is 8.63. The molecule has 0 aliphatic carbocycles. The van der Waals surface area contributed by atoms with Crippen LogP contribution < -0.4 is 15.4 Å². The van der Waals surface area contributed by atoms with Crippen molar-refractivity contribution in [1.29, 1.82) is 0 Å². The molecule has 0 heterocycles. The topological polar surface area (TPSA) is 70.6 Å². The molecule has 0 saturated carbocycles. The summed E-state index contributed by atoms with van der Waals surface area (Å²) < 4.78 is 5.29. The summed E-state index contributed by atoms with van der Waals surface area (Å²) in [6, 6.07) is 5.79. The Morgan fingerprint density at radius 3 is 2.73 bits per heavy atom. The molecule has 22 heavy (non-hydrogen) atoms. The van der Waals surface area contributed by atoms with Gasteiger partial charge >= 0.3 is 6.03 Å². The third-order valence-corrected chi connectivity index (χ3v) is 3.74. The Bertz CT molecular complexity index is 491. The zero-order chi connectivity index (χ0) is 16.6. The number of benzene rings is 1. The Morgan fingerprint density at radius 1 is 1.41 bits per heavy atom. The molecule has 1 aromatic rings. The zero-order valence-corrected chi connectivity index (χ0v) is 14.0. The predicted octanol–water partition coefficient (Wildman–Crippen LogP) is 2.40. The van der Waals surface area contributed by atoms with Gasteiger partial charge in [-0.05, 0) is 43.9 Å². The second-order valence-corrected chi connectivity index (χ2v) is 5.90. The number of amides is 2. The van der Waals surface area contributed by atoms with Gasteiger partial charge in [0.1, 0.15) is 5.75 Å². The summed E-state index contributed by atoms with van der Waals surface area (Å²) in [6.07, 6.45) is 2.38. The Morgan fingerprint density at radius 2 is 2.14 bits per heavy atom. The minimum Gasteiger partial charge on any atom is -0.496 e. The van der Waals surface area contributed by atoms with Gasteiger partial charge in [0.15, 0.2) is 0 Å². The van der Waals surface area contributed by atoms with E-state index in [4.69, 9.17) is 4.74 Å². The highest BCUT2D eigenvalue weighted by molar-refractivity contribution is 5.74. The van der Waals surface area contributed by atoms with Gasteiger partial charge in [-0.2, -0.15) is 0 Å². The lowest BCUT2D eigenvalue weighted by Gasteiger charge is -2.28. The Hall–Kier alpha value is -1.75. The summed E-state index contributed by atoms with van der Waals surface area (Å²) in [5.41, 5.74) is 1.64. The summed E-state index contributed by atoms with van der Waals surface area (Å²) in [6.45, 7) is 6.34. The van der Waals surface area contributed by atoms with Crippen molar-refractivity contribution in [2.45, 2.75) is 45.6 Å². The van der Waals surface area contributed by atoms with Crippen LogP contribution in [0.1, 0.15) is 37.8 Å². The van der Waals surface area contributed by atoms with Gasteiger partial charge in [0.2, 0.25) is 0 Å². The summed E-state index contributed by atoms with van der Waals surface area (Å²) >= 11 is 0. The van der Waals surface area contributed by atoms with E-state index in [1.165, 1.54) is 0 Å². The van der Waals surface area contributed by atoms with Gasteiger partial charge in [-0.3, -0.25) is 0 Å². The summed E-state index contributed by atoms with van der Waals surface area (Å²) in [7, 11) is 1.65. The van der Waals surface area contributed by atoms with Gasteiger partial charge in [0.25, 0.3) is 0 Å². The molecule has 0 aromatic heterocycles. The number of hydrogen-bond acceptors (Lipinski definition) is 3. The fourth-order valence-electron chi connectivity index (χ4n) is 2.39. The maximum absolute atomic E-state index is 11.9. The molecule has 0 spiro atoms. The fraction of sp³-hybridized carbons (Fsp3) is 0.588. The first-order valence-electron chi connectivity index (χ1n) is 7.74. The first-order valence-corrected chi connectivity index (χ1v) is 7.74. The molecule has 124 valence electrons. The van der Waals surface area contributed by atoms with Crippen molar-refractivity contribution in [2.24, 2.45) is 0 Å². The average molecular weight is 308 g/mol. The number of aliphatic hydroxyl groups is 1. The van der Waals surface area contributed by atoms with E-state index in [1.807, 2.05) is 39.0 Å². The first-order chi connectivity index (χ1) is 10.4. The van der Waals surface area contributed by atoms with Gasteiger partial charge in [0, 0.05) is 6.54 Å². The van der Waals surface area contributed by atoms with Crippen LogP contribution in [0, 0.1) is 6.92 Å². The predicted molar refractivity (Wildman–Crippen MR) is 88.4 cm³/mol. The van der Waals surface area contributed by atoms with Gasteiger partial charge < -0.3 is 20.5 Å². The molecule has 0 aliphatic heterocycles. The summed E-state index contributed by atoms with van der Waals surface area (Å²) in [5, 5.41) is 15.1. The highest BCUT2D eigenvalue weighted by Crippen LogP contribution is 2.19. The van der Waals surface area contributed by atoms with E-state index in [9.17, 15) is 9.90 Å². The van der Waals surface area contributed by atoms with E-state index < -0.39 is 5.54 Å². The molecular weight excluding hydrogens is 280 g/mol. The van der Waals surface area contributed by atoms with E-state index in [0.717, 1.165) is 36.1 Å². The van der Waals surface area contributed by atoms with Crippen LogP contribution in [0.25, 0.3) is 0 Å². The maximum atomic E-state index is 11.9. The van der Waals surface area contributed by atoms with Crippen molar-refractivity contribution in [2.75, 3.05) is 20.3 Å². The van der Waals surface area contributed by atoms with Crippen molar-refractivity contribution >= 4 is 6.03 Å². The molecule has 3 N–H and O–H groups in total. The molecule has 0 radical (unpaired) electrons. The van der Waals surface area contributed by atoms with Crippen LogP contribution in [0.2, 0.25) is 0 Å². The Kier molecular flexibility index (Phi) is 7.18. The molecule has 2 amide bonds. The Labute approximate surface area is 133 Å². The molecule has 5 nitrogen and oxygen atoms in total. The SMILES string of the molecule is CCCC(C)(CO)NC(=O)NCCc1ccc(C)c(OC)c1. The molecule has 0 fully saturated rings. The van der Waals surface area contributed by atoms with Crippen LogP contribution in [-0.4, -0.2) is 36.9 Å². The largest absolute Gasteiger partial charge is 0.496 e. The number of hydrogen-bond donors (Lipinski definition) is 3. The third-order valence-electron chi connectivity index (χ3n) is 3.74.